The third-order valence-corrected chi connectivity index (χ3v) is 6.13. The van der Waals surface area contributed by atoms with Crippen LogP contribution < -0.4 is 10.1 Å². The molecule has 0 saturated carbocycles. The Morgan fingerprint density at radius 3 is 2.74 bits per heavy atom. The summed E-state index contributed by atoms with van der Waals surface area (Å²) in [6.07, 6.45) is -0.159. The highest BCUT2D eigenvalue weighted by Gasteiger charge is 2.29. The van der Waals surface area contributed by atoms with Gasteiger partial charge in [-0.25, -0.2) is 8.42 Å². The van der Waals surface area contributed by atoms with Crippen LogP contribution in [0.4, 0.5) is 5.69 Å². The van der Waals surface area contributed by atoms with E-state index in [9.17, 15) is 13.2 Å². The number of rotatable bonds is 5. The Morgan fingerprint density at radius 2 is 2.00 bits per heavy atom. The van der Waals surface area contributed by atoms with Gasteiger partial charge in [0.1, 0.15) is 5.75 Å². The van der Waals surface area contributed by atoms with Crippen molar-refractivity contribution in [3.05, 3.63) is 54.1 Å². The minimum absolute atomic E-state index is 0.0925. The number of benzene rings is 2. The van der Waals surface area contributed by atoms with Crippen LogP contribution in [-0.2, 0) is 14.8 Å². The van der Waals surface area contributed by atoms with Gasteiger partial charge in [0.25, 0.3) is 5.91 Å². The van der Waals surface area contributed by atoms with E-state index in [-0.39, 0.29) is 16.6 Å². The zero-order valence-corrected chi connectivity index (χ0v) is 16.0. The van der Waals surface area contributed by atoms with Gasteiger partial charge in [-0.1, -0.05) is 12.1 Å². The van der Waals surface area contributed by atoms with Crippen molar-refractivity contribution in [1.29, 1.82) is 0 Å². The van der Waals surface area contributed by atoms with Gasteiger partial charge < -0.3 is 14.8 Å². The summed E-state index contributed by atoms with van der Waals surface area (Å²) in [5, 5.41) is 2.75. The maximum atomic E-state index is 12.9. The second-order valence-corrected chi connectivity index (χ2v) is 8.20. The number of morpholine rings is 1. The number of methoxy groups -OCH3 is 1. The summed E-state index contributed by atoms with van der Waals surface area (Å²) >= 11 is 0. The van der Waals surface area contributed by atoms with Crippen molar-refractivity contribution < 1.29 is 22.7 Å². The van der Waals surface area contributed by atoms with Gasteiger partial charge in [0, 0.05) is 30.4 Å². The van der Waals surface area contributed by atoms with Crippen LogP contribution in [0.15, 0.2) is 53.4 Å². The first-order valence-electron chi connectivity index (χ1n) is 8.57. The number of sulfonamides is 1. The molecule has 1 aliphatic heterocycles. The summed E-state index contributed by atoms with van der Waals surface area (Å²) < 4.78 is 37.7. The zero-order chi connectivity index (χ0) is 19.4. The van der Waals surface area contributed by atoms with Crippen LogP contribution in [0.25, 0.3) is 0 Å². The number of amides is 1. The Kier molecular flexibility index (Phi) is 5.79. The fourth-order valence-electron chi connectivity index (χ4n) is 2.86. The Morgan fingerprint density at radius 1 is 1.22 bits per heavy atom. The summed E-state index contributed by atoms with van der Waals surface area (Å²) in [4.78, 5) is 12.6. The Balaban J connectivity index is 1.81. The number of hydrogen-bond donors (Lipinski definition) is 1. The van der Waals surface area contributed by atoms with E-state index in [0.29, 0.717) is 31.1 Å². The number of anilines is 1. The van der Waals surface area contributed by atoms with Gasteiger partial charge in [-0.05, 0) is 37.3 Å². The molecule has 1 atom stereocenters. The van der Waals surface area contributed by atoms with Crippen molar-refractivity contribution in [1.82, 2.24) is 4.31 Å². The maximum absolute atomic E-state index is 12.9. The second-order valence-electron chi connectivity index (χ2n) is 6.26. The molecule has 1 N–H and O–H groups in total. The summed E-state index contributed by atoms with van der Waals surface area (Å²) in [7, 11) is -2.14. The maximum Gasteiger partial charge on any atom is 0.255 e. The molecule has 0 aromatic heterocycles. The number of nitrogens with one attached hydrogen (secondary N) is 1. The standard InChI is InChI=1S/C19H22N2O5S/c1-14-13-21(9-10-26-14)27(23,24)18-8-3-5-15(11-18)19(22)20-16-6-4-7-17(12-16)25-2/h3-8,11-12,14H,9-10,13H2,1-2H3,(H,20,22). The molecule has 0 bridgehead atoms. The number of hydrogen-bond acceptors (Lipinski definition) is 5. The lowest BCUT2D eigenvalue weighted by Gasteiger charge is -2.30. The second kappa shape index (κ2) is 8.08. The van der Waals surface area contributed by atoms with E-state index in [1.54, 1.807) is 43.5 Å². The average molecular weight is 390 g/mol. The van der Waals surface area contributed by atoms with Gasteiger partial charge in [0.2, 0.25) is 10.0 Å². The summed E-state index contributed by atoms with van der Waals surface area (Å²) in [6, 6.07) is 13.0. The molecule has 1 unspecified atom stereocenters. The zero-order valence-electron chi connectivity index (χ0n) is 15.2. The van der Waals surface area contributed by atoms with Crippen LogP contribution in [0.2, 0.25) is 0 Å². The highest BCUT2D eigenvalue weighted by molar-refractivity contribution is 7.89. The van der Waals surface area contributed by atoms with E-state index in [2.05, 4.69) is 5.32 Å². The lowest BCUT2D eigenvalue weighted by atomic mass is 10.2. The van der Waals surface area contributed by atoms with Gasteiger partial charge in [0.15, 0.2) is 0 Å². The smallest absolute Gasteiger partial charge is 0.255 e. The third kappa shape index (κ3) is 4.47. The molecule has 0 aliphatic carbocycles. The highest BCUT2D eigenvalue weighted by atomic mass is 32.2. The Labute approximate surface area is 158 Å². The minimum atomic E-state index is -3.68. The molecule has 7 nitrogen and oxygen atoms in total. The van der Waals surface area contributed by atoms with Crippen molar-refractivity contribution in [2.75, 3.05) is 32.1 Å². The van der Waals surface area contributed by atoms with Crippen LogP contribution in [0.3, 0.4) is 0 Å². The highest BCUT2D eigenvalue weighted by Crippen LogP contribution is 2.21. The molecule has 1 amide bonds. The van der Waals surface area contributed by atoms with Gasteiger partial charge >= 0.3 is 0 Å². The molecule has 2 aromatic rings. The molecule has 144 valence electrons. The Hall–Kier alpha value is -2.42. The normalized spacial score (nSPS) is 18.1. The van der Waals surface area contributed by atoms with Crippen molar-refractivity contribution in [2.45, 2.75) is 17.9 Å². The molecule has 0 spiro atoms. The molecule has 1 aliphatic rings. The van der Waals surface area contributed by atoms with Crippen LogP contribution in [0.1, 0.15) is 17.3 Å². The molecule has 8 heteroatoms. The largest absolute Gasteiger partial charge is 0.497 e. The van der Waals surface area contributed by atoms with Crippen molar-refractivity contribution in [2.24, 2.45) is 0 Å². The molecule has 0 radical (unpaired) electrons. The molecule has 1 fully saturated rings. The van der Waals surface area contributed by atoms with Gasteiger partial charge in [0.05, 0.1) is 24.7 Å². The lowest BCUT2D eigenvalue weighted by Crippen LogP contribution is -2.44. The fourth-order valence-corrected chi connectivity index (χ4v) is 4.40. The molecule has 1 saturated heterocycles. The third-order valence-electron chi connectivity index (χ3n) is 4.27. The van der Waals surface area contributed by atoms with Gasteiger partial charge in [-0.2, -0.15) is 4.31 Å². The van der Waals surface area contributed by atoms with Crippen LogP contribution in [0.5, 0.6) is 5.75 Å². The van der Waals surface area contributed by atoms with Crippen molar-refractivity contribution in [3.8, 4) is 5.75 Å². The number of ether oxygens (including phenoxy) is 2. The first kappa shape index (κ1) is 19.3. The Bertz CT molecular complexity index is 929. The van der Waals surface area contributed by atoms with Gasteiger partial charge in [-0.15, -0.1) is 0 Å². The average Bonchev–Trinajstić information content (AvgIpc) is 2.68. The molecule has 3 rings (SSSR count). The van der Waals surface area contributed by atoms with E-state index in [4.69, 9.17) is 9.47 Å². The van der Waals surface area contributed by atoms with E-state index in [1.807, 2.05) is 6.92 Å². The van der Waals surface area contributed by atoms with E-state index >= 15 is 0 Å². The van der Waals surface area contributed by atoms with Crippen LogP contribution in [-0.4, -0.2) is 51.5 Å². The lowest BCUT2D eigenvalue weighted by molar-refractivity contribution is 0.0102. The van der Waals surface area contributed by atoms with E-state index in [0.717, 1.165) is 0 Å². The van der Waals surface area contributed by atoms with E-state index < -0.39 is 15.9 Å². The van der Waals surface area contributed by atoms with Gasteiger partial charge in [-0.3, -0.25) is 4.79 Å². The summed E-state index contributed by atoms with van der Waals surface area (Å²) in [5.74, 6) is 0.223. The number of carbonyl (C=O) groups is 1. The summed E-state index contributed by atoms with van der Waals surface area (Å²) in [5.41, 5.74) is 0.829. The predicted molar refractivity (Wildman–Crippen MR) is 102 cm³/mol. The first-order chi connectivity index (χ1) is 12.9. The molecule has 1 heterocycles. The van der Waals surface area contributed by atoms with E-state index in [1.165, 1.54) is 16.4 Å². The SMILES string of the molecule is COc1cccc(NC(=O)c2cccc(S(=O)(=O)N3CCOC(C)C3)c2)c1. The van der Waals surface area contributed by atoms with Crippen molar-refractivity contribution >= 4 is 21.6 Å². The molecular weight excluding hydrogens is 368 g/mol. The molecular formula is C19H22N2O5S. The van der Waals surface area contributed by atoms with Crippen molar-refractivity contribution in [3.63, 3.8) is 0 Å². The van der Waals surface area contributed by atoms with Crippen LogP contribution in [0, 0.1) is 0 Å². The molecule has 2 aromatic carbocycles. The summed E-state index contributed by atoms with van der Waals surface area (Å²) in [6.45, 7) is 2.78. The predicted octanol–water partition coefficient (Wildman–Crippen LogP) is 2.36. The molecule has 27 heavy (non-hydrogen) atoms. The quantitative estimate of drug-likeness (QED) is 0.847. The number of carbonyl (C=O) groups excluding carboxylic acids is 1. The minimum Gasteiger partial charge on any atom is -0.497 e. The first-order valence-corrected chi connectivity index (χ1v) is 10.0. The number of nitrogens with zero attached hydrogens (tertiary/aromatic N) is 1. The monoisotopic (exact) mass is 390 g/mol. The fraction of sp³-hybridized carbons (Fsp3) is 0.316. The topological polar surface area (TPSA) is 84.9 Å². The van der Waals surface area contributed by atoms with Crippen LogP contribution >= 0.6 is 0 Å².